The van der Waals surface area contributed by atoms with Crippen LogP contribution in [0, 0.1) is 0 Å². The topological polar surface area (TPSA) is 131 Å². The van der Waals surface area contributed by atoms with Gasteiger partial charge in [-0.05, 0) is 77.0 Å². The third-order valence-electron chi connectivity index (χ3n) is 8.29. The molecule has 0 bridgehead atoms. The summed E-state index contributed by atoms with van der Waals surface area (Å²) in [6, 6.07) is 0. The third-order valence-corrected chi connectivity index (χ3v) is 9.25. The molecule has 0 aliphatic carbocycles. The van der Waals surface area contributed by atoms with E-state index in [0.29, 0.717) is 30.3 Å². The maximum atomic E-state index is 12.6. The highest BCUT2D eigenvalue weighted by atomic mass is 31.2. The zero-order valence-corrected chi connectivity index (χ0v) is 35.8. The number of unbranched alkanes of at least 4 members (excludes halogenated alkanes) is 10. The minimum Gasteiger partial charge on any atom is -0.756 e. The molecule has 0 aromatic carbocycles. The van der Waals surface area contributed by atoms with Crippen molar-refractivity contribution in [2.45, 2.75) is 148 Å². The Labute approximate surface area is 334 Å². The molecule has 3 atom stereocenters. The summed E-state index contributed by atoms with van der Waals surface area (Å²) in [5.41, 5.74) is 0. The molecule has 0 radical (unpaired) electrons. The van der Waals surface area contributed by atoms with E-state index < -0.39 is 38.6 Å². The zero-order chi connectivity index (χ0) is 40.9. The lowest BCUT2D eigenvalue weighted by Gasteiger charge is -2.28. The Morgan fingerprint density at radius 3 is 1.95 bits per heavy atom. The number of aliphatic hydroxyl groups excluding tert-OH is 1. The Bertz CT molecular complexity index is 1190. The average molecular weight is 794 g/mol. The fourth-order valence-corrected chi connectivity index (χ4v) is 5.72. The number of aliphatic hydroxyl groups is 1. The lowest BCUT2D eigenvalue weighted by atomic mass is 10.1. The van der Waals surface area contributed by atoms with Crippen LogP contribution in [0.5, 0.6) is 0 Å². The molecule has 0 spiro atoms. The van der Waals surface area contributed by atoms with Crippen LogP contribution in [-0.2, 0) is 32.7 Å². The summed E-state index contributed by atoms with van der Waals surface area (Å²) < 4.78 is 33.7. The highest BCUT2D eigenvalue weighted by molar-refractivity contribution is 7.45. The van der Waals surface area contributed by atoms with Gasteiger partial charge in [-0.15, -0.1) is 0 Å². The maximum Gasteiger partial charge on any atom is 0.306 e. The van der Waals surface area contributed by atoms with Crippen LogP contribution in [0.4, 0.5) is 0 Å². The standard InChI is InChI=1S/C44H76NO9P/c1-6-8-10-11-12-13-14-15-16-17-18-21-24-27-31-35-43(47)51-39-42(40-53-55(49,50)52-38-37-45(3,4)5)54-44(48)36-32-28-25-22-19-20-23-26-30-34-41(46)33-29-9-7-2/h9,12-13,15-16,18,21,23,26,29-30,34,41-42,46H,6-8,10-11,14,17,19-20,22,24-25,27-28,31-33,35-40H2,1-5H3/b13-12-,16-15-,21-18-,26-23+,29-9+,34-30+/t41?,42-/m1/s1. The monoisotopic (exact) mass is 794 g/mol. The Morgan fingerprint density at radius 1 is 0.691 bits per heavy atom. The van der Waals surface area contributed by atoms with E-state index in [4.69, 9.17) is 18.5 Å². The number of rotatable bonds is 36. The largest absolute Gasteiger partial charge is 0.756 e. The van der Waals surface area contributed by atoms with Crippen molar-refractivity contribution in [3.05, 3.63) is 72.9 Å². The molecule has 0 saturated carbocycles. The smallest absolute Gasteiger partial charge is 0.306 e. The maximum absolute atomic E-state index is 12.6. The summed E-state index contributed by atoms with van der Waals surface area (Å²) in [5.74, 6) is -0.942. The first-order chi connectivity index (χ1) is 26.4. The predicted molar refractivity (Wildman–Crippen MR) is 223 cm³/mol. The van der Waals surface area contributed by atoms with E-state index in [1.54, 1.807) is 6.08 Å². The van der Waals surface area contributed by atoms with E-state index in [-0.39, 0.29) is 26.1 Å². The van der Waals surface area contributed by atoms with Gasteiger partial charge in [0.15, 0.2) is 6.10 Å². The second kappa shape index (κ2) is 35.8. The van der Waals surface area contributed by atoms with Crippen LogP contribution in [0.25, 0.3) is 0 Å². The van der Waals surface area contributed by atoms with Crippen molar-refractivity contribution in [1.29, 1.82) is 0 Å². The molecule has 55 heavy (non-hydrogen) atoms. The second-order valence-electron chi connectivity index (χ2n) is 14.8. The van der Waals surface area contributed by atoms with Crippen molar-refractivity contribution in [2.24, 2.45) is 0 Å². The van der Waals surface area contributed by atoms with Gasteiger partial charge in [-0.3, -0.25) is 14.2 Å². The summed E-state index contributed by atoms with van der Waals surface area (Å²) in [6.45, 7) is 3.87. The van der Waals surface area contributed by atoms with Crippen molar-refractivity contribution in [2.75, 3.05) is 47.5 Å². The first kappa shape index (κ1) is 52.4. The zero-order valence-electron chi connectivity index (χ0n) is 35.0. The number of hydrogen-bond acceptors (Lipinski definition) is 9. The highest BCUT2D eigenvalue weighted by Gasteiger charge is 2.21. The van der Waals surface area contributed by atoms with E-state index in [1.807, 2.05) is 45.4 Å². The molecule has 0 fully saturated rings. The van der Waals surface area contributed by atoms with Crippen LogP contribution < -0.4 is 4.89 Å². The second-order valence-corrected chi connectivity index (χ2v) is 16.2. The summed E-state index contributed by atoms with van der Waals surface area (Å²) in [5, 5.41) is 9.88. The molecule has 0 aromatic rings. The molecule has 2 unspecified atom stereocenters. The normalized spacial score (nSPS) is 15.0. The third kappa shape index (κ3) is 39.4. The van der Waals surface area contributed by atoms with Crippen LogP contribution in [0.1, 0.15) is 136 Å². The summed E-state index contributed by atoms with van der Waals surface area (Å²) in [7, 11) is 1.08. The highest BCUT2D eigenvalue weighted by Crippen LogP contribution is 2.38. The number of allylic oxidation sites excluding steroid dienone is 10. The van der Waals surface area contributed by atoms with Gasteiger partial charge in [0.05, 0.1) is 33.9 Å². The van der Waals surface area contributed by atoms with Gasteiger partial charge in [0, 0.05) is 12.8 Å². The van der Waals surface area contributed by atoms with Gasteiger partial charge in [-0.25, -0.2) is 0 Å². The minimum absolute atomic E-state index is 0.0544. The van der Waals surface area contributed by atoms with Gasteiger partial charge in [0.2, 0.25) is 0 Å². The van der Waals surface area contributed by atoms with Crippen molar-refractivity contribution in [3.63, 3.8) is 0 Å². The number of ether oxygens (including phenoxy) is 2. The Kier molecular flexibility index (Phi) is 34.1. The van der Waals surface area contributed by atoms with Crippen molar-refractivity contribution in [1.82, 2.24) is 0 Å². The number of quaternary nitrogens is 1. The number of carbonyl (C=O) groups is 2. The number of hydrogen-bond donors (Lipinski definition) is 1. The molecule has 0 aliphatic rings. The van der Waals surface area contributed by atoms with Gasteiger partial charge < -0.3 is 33.0 Å². The Morgan fingerprint density at radius 2 is 1.27 bits per heavy atom. The fraction of sp³-hybridized carbons (Fsp3) is 0.682. The molecule has 10 nitrogen and oxygen atoms in total. The Balaban J connectivity index is 4.55. The molecule has 316 valence electrons. The summed E-state index contributed by atoms with van der Waals surface area (Å²) in [4.78, 5) is 37.4. The molecular weight excluding hydrogens is 717 g/mol. The number of carbonyl (C=O) groups excluding carboxylic acids is 2. The van der Waals surface area contributed by atoms with Crippen molar-refractivity contribution in [3.8, 4) is 0 Å². The average Bonchev–Trinajstić information content (AvgIpc) is 3.12. The molecular formula is C44H76NO9P. The van der Waals surface area contributed by atoms with Crippen molar-refractivity contribution < 1.29 is 47.2 Å². The number of esters is 2. The number of nitrogens with zero attached hydrogens (tertiary/aromatic N) is 1. The van der Waals surface area contributed by atoms with E-state index >= 15 is 0 Å². The molecule has 0 aliphatic heterocycles. The van der Waals surface area contributed by atoms with Gasteiger partial charge in [0.1, 0.15) is 19.8 Å². The minimum atomic E-state index is -4.65. The number of likely N-dealkylation sites (N-methyl/N-ethyl adjacent to an activating group) is 1. The molecule has 0 heterocycles. The van der Waals surface area contributed by atoms with Gasteiger partial charge in [-0.1, -0.05) is 119 Å². The predicted octanol–water partition coefficient (Wildman–Crippen LogP) is 9.80. The van der Waals surface area contributed by atoms with Crippen LogP contribution in [0.2, 0.25) is 0 Å². The van der Waals surface area contributed by atoms with Crippen LogP contribution >= 0.6 is 7.82 Å². The molecule has 0 amide bonds. The number of phosphoric acid groups is 1. The quantitative estimate of drug-likeness (QED) is 0.0165. The lowest BCUT2D eigenvalue weighted by molar-refractivity contribution is -0.870. The van der Waals surface area contributed by atoms with Crippen LogP contribution in [0.3, 0.4) is 0 Å². The molecule has 0 saturated heterocycles. The van der Waals surface area contributed by atoms with E-state index in [9.17, 15) is 24.2 Å². The first-order valence-electron chi connectivity index (χ1n) is 20.8. The van der Waals surface area contributed by atoms with Gasteiger partial charge >= 0.3 is 11.9 Å². The lowest BCUT2D eigenvalue weighted by Crippen LogP contribution is -2.37. The van der Waals surface area contributed by atoms with Crippen LogP contribution in [0.15, 0.2) is 72.9 Å². The molecule has 1 N–H and O–H groups in total. The SMILES string of the molecule is CC/C=C/CC(O)/C=C/C=C/CCCCCCCC(=O)O[C@H](COC(=O)CCCC/C=C\C/C=C\C/C=C\CCCCC)COP(=O)([O-])OCC[N+](C)(C)C. The van der Waals surface area contributed by atoms with Crippen LogP contribution in [-0.4, -0.2) is 81.2 Å². The number of phosphoric ester groups is 1. The van der Waals surface area contributed by atoms with E-state index in [0.717, 1.165) is 70.6 Å². The van der Waals surface area contributed by atoms with Gasteiger partial charge in [0.25, 0.3) is 7.82 Å². The summed E-state index contributed by atoms with van der Waals surface area (Å²) >= 11 is 0. The molecule has 11 heteroatoms. The van der Waals surface area contributed by atoms with Gasteiger partial charge in [-0.2, -0.15) is 0 Å². The molecule has 0 rings (SSSR count). The molecule has 0 aromatic heterocycles. The fourth-order valence-electron chi connectivity index (χ4n) is 4.99. The summed E-state index contributed by atoms with van der Waals surface area (Å²) in [6.07, 6.45) is 39.8. The van der Waals surface area contributed by atoms with E-state index in [2.05, 4.69) is 56.4 Å². The first-order valence-corrected chi connectivity index (χ1v) is 22.2. The van der Waals surface area contributed by atoms with E-state index in [1.165, 1.54) is 19.3 Å². The van der Waals surface area contributed by atoms with Crippen molar-refractivity contribution >= 4 is 19.8 Å². The Hall–Kier alpha value is -2.59.